The first kappa shape index (κ1) is 15.4. The van der Waals surface area contributed by atoms with Crippen molar-refractivity contribution in [1.29, 1.82) is 0 Å². The summed E-state index contributed by atoms with van der Waals surface area (Å²) in [5.74, 6) is 0.436. The molecule has 5 aliphatic rings. The minimum Gasteiger partial charge on any atom is -0.369 e. The van der Waals surface area contributed by atoms with Gasteiger partial charge in [0, 0.05) is 13.1 Å². The number of carbonyl (C=O) groups excluding carboxylic acids is 2. The third-order valence-electron chi connectivity index (χ3n) is 7.81. The number of amides is 2. The summed E-state index contributed by atoms with van der Waals surface area (Å²) in [6.45, 7) is 1.69. The van der Waals surface area contributed by atoms with Gasteiger partial charge in [-0.3, -0.25) is 9.59 Å². The average molecular weight is 338 g/mol. The zero-order valence-electron chi connectivity index (χ0n) is 14.7. The van der Waals surface area contributed by atoms with Gasteiger partial charge in [-0.2, -0.15) is 0 Å². The molecule has 1 aliphatic heterocycles. The van der Waals surface area contributed by atoms with E-state index in [2.05, 4.69) is 24.3 Å². The number of rotatable bonds is 3. The molecule has 4 unspecified atom stereocenters. The van der Waals surface area contributed by atoms with Crippen LogP contribution in [0.5, 0.6) is 0 Å². The molecule has 4 heteroatoms. The van der Waals surface area contributed by atoms with Gasteiger partial charge < -0.3 is 10.6 Å². The molecule has 1 saturated heterocycles. The molecule has 4 atom stereocenters. The van der Waals surface area contributed by atoms with Crippen molar-refractivity contribution in [2.24, 2.45) is 22.5 Å². The molecule has 0 spiro atoms. The molecule has 0 radical (unpaired) electrons. The van der Waals surface area contributed by atoms with Gasteiger partial charge in [0.1, 0.15) is 0 Å². The SMILES string of the molecule is NC(=O)C12CC3CC(c4ccccc4)(C1)CC2(C(=O)N1CCCC1)C3. The first-order chi connectivity index (χ1) is 12.0. The molecule has 2 amide bonds. The zero-order chi connectivity index (χ0) is 17.3. The van der Waals surface area contributed by atoms with Crippen LogP contribution in [0.25, 0.3) is 0 Å². The van der Waals surface area contributed by atoms with Crippen LogP contribution in [-0.4, -0.2) is 29.8 Å². The monoisotopic (exact) mass is 338 g/mol. The second kappa shape index (κ2) is 4.87. The maximum absolute atomic E-state index is 13.6. The lowest BCUT2D eigenvalue weighted by Crippen LogP contribution is -2.52. The molecule has 132 valence electrons. The van der Waals surface area contributed by atoms with Crippen LogP contribution >= 0.6 is 0 Å². The van der Waals surface area contributed by atoms with E-state index in [4.69, 9.17) is 5.73 Å². The van der Waals surface area contributed by atoms with Crippen LogP contribution in [0.3, 0.4) is 0 Å². The average Bonchev–Trinajstić information content (AvgIpc) is 3.26. The van der Waals surface area contributed by atoms with Crippen LogP contribution in [0, 0.1) is 16.7 Å². The Hall–Kier alpha value is -1.84. The Kier molecular flexibility index (Phi) is 3.00. The Bertz CT molecular complexity index is 742. The molecule has 2 N–H and O–H groups in total. The molecule has 1 aromatic carbocycles. The molecular formula is C21H26N2O2. The zero-order valence-corrected chi connectivity index (χ0v) is 14.7. The van der Waals surface area contributed by atoms with Crippen molar-refractivity contribution in [3.8, 4) is 0 Å². The molecule has 1 aromatic rings. The maximum atomic E-state index is 13.6. The van der Waals surface area contributed by atoms with Crippen molar-refractivity contribution in [3.05, 3.63) is 35.9 Å². The second-order valence-corrected chi connectivity index (χ2v) is 9.01. The summed E-state index contributed by atoms with van der Waals surface area (Å²) in [5, 5.41) is 0. The summed E-state index contributed by atoms with van der Waals surface area (Å²) in [6.07, 6.45) is 6.50. The van der Waals surface area contributed by atoms with Gasteiger partial charge in [-0.1, -0.05) is 30.3 Å². The van der Waals surface area contributed by atoms with E-state index in [-0.39, 0.29) is 17.2 Å². The number of primary amides is 1. The molecule has 6 rings (SSSR count). The third-order valence-corrected chi connectivity index (χ3v) is 7.81. The molecule has 5 fully saturated rings. The van der Waals surface area contributed by atoms with Crippen molar-refractivity contribution >= 4 is 11.8 Å². The van der Waals surface area contributed by atoms with Gasteiger partial charge in [-0.25, -0.2) is 0 Å². The molecule has 4 saturated carbocycles. The summed E-state index contributed by atoms with van der Waals surface area (Å²) >= 11 is 0. The lowest BCUT2D eigenvalue weighted by Gasteiger charge is -2.41. The highest BCUT2D eigenvalue weighted by molar-refractivity contribution is 5.95. The molecule has 25 heavy (non-hydrogen) atoms. The minimum atomic E-state index is -0.634. The summed E-state index contributed by atoms with van der Waals surface area (Å²) in [5.41, 5.74) is 6.06. The fourth-order valence-electron chi connectivity index (χ4n) is 7.12. The van der Waals surface area contributed by atoms with E-state index in [1.165, 1.54) is 5.56 Å². The van der Waals surface area contributed by atoms with Crippen LogP contribution in [0.4, 0.5) is 0 Å². The van der Waals surface area contributed by atoms with Gasteiger partial charge >= 0.3 is 0 Å². The van der Waals surface area contributed by atoms with Gasteiger partial charge in [0.15, 0.2) is 0 Å². The molecule has 4 aliphatic carbocycles. The quantitative estimate of drug-likeness (QED) is 0.921. The van der Waals surface area contributed by atoms with E-state index < -0.39 is 10.8 Å². The first-order valence-corrected chi connectivity index (χ1v) is 9.66. The predicted molar refractivity (Wildman–Crippen MR) is 94.6 cm³/mol. The van der Waals surface area contributed by atoms with Crippen LogP contribution in [0.2, 0.25) is 0 Å². The Labute approximate surface area is 148 Å². The van der Waals surface area contributed by atoms with Gasteiger partial charge in [0.05, 0.1) is 10.8 Å². The van der Waals surface area contributed by atoms with Crippen LogP contribution in [0.1, 0.15) is 50.5 Å². The highest BCUT2D eigenvalue weighted by Gasteiger charge is 2.77. The first-order valence-electron chi connectivity index (χ1n) is 9.66. The van der Waals surface area contributed by atoms with Crippen LogP contribution in [0.15, 0.2) is 30.3 Å². The fourth-order valence-corrected chi connectivity index (χ4v) is 7.12. The lowest BCUT2D eigenvalue weighted by molar-refractivity contribution is -0.152. The smallest absolute Gasteiger partial charge is 0.229 e. The fraction of sp³-hybridized carbons (Fsp3) is 0.619. The van der Waals surface area contributed by atoms with E-state index in [1.807, 2.05) is 11.0 Å². The number of carbonyl (C=O) groups is 2. The van der Waals surface area contributed by atoms with Gasteiger partial charge in [-0.05, 0) is 61.8 Å². The third kappa shape index (κ3) is 1.78. The van der Waals surface area contributed by atoms with Crippen LogP contribution < -0.4 is 5.73 Å². The van der Waals surface area contributed by atoms with E-state index in [9.17, 15) is 9.59 Å². The van der Waals surface area contributed by atoms with Crippen molar-refractivity contribution < 1.29 is 9.59 Å². The number of nitrogens with zero attached hydrogens (tertiary/aromatic N) is 1. The summed E-state index contributed by atoms with van der Waals surface area (Å²) in [6, 6.07) is 10.5. The topological polar surface area (TPSA) is 63.4 Å². The molecule has 4 bridgehead atoms. The molecule has 4 nitrogen and oxygen atoms in total. The molecular weight excluding hydrogens is 312 g/mol. The minimum absolute atomic E-state index is 0.0488. The van der Waals surface area contributed by atoms with Crippen molar-refractivity contribution in [2.45, 2.75) is 50.4 Å². The normalized spacial score (nSPS) is 41.4. The van der Waals surface area contributed by atoms with Crippen molar-refractivity contribution in [3.63, 3.8) is 0 Å². The predicted octanol–water partition coefficient (Wildman–Crippen LogP) is 2.61. The number of benzene rings is 1. The highest BCUT2D eigenvalue weighted by Crippen LogP contribution is 2.76. The van der Waals surface area contributed by atoms with Crippen molar-refractivity contribution in [2.75, 3.05) is 13.1 Å². The van der Waals surface area contributed by atoms with E-state index in [0.717, 1.165) is 58.0 Å². The van der Waals surface area contributed by atoms with E-state index in [1.54, 1.807) is 0 Å². The van der Waals surface area contributed by atoms with Crippen LogP contribution in [-0.2, 0) is 15.0 Å². The number of hydrogen-bond acceptors (Lipinski definition) is 2. The summed E-state index contributed by atoms with van der Waals surface area (Å²) in [4.78, 5) is 28.4. The Morgan fingerprint density at radius 1 is 0.960 bits per heavy atom. The van der Waals surface area contributed by atoms with E-state index >= 15 is 0 Å². The van der Waals surface area contributed by atoms with Gasteiger partial charge in [0.25, 0.3) is 0 Å². The van der Waals surface area contributed by atoms with Gasteiger partial charge in [0.2, 0.25) is 11.8 Å². The number of nitrogens with two attached hydrogens (primary N) is 1. The molecule has 0 aromatic heterocycles. The number of likely N-dealkylation sites (tertiary alicyclic amines) is 1. The largest absolute Gasteiger partial charge is 0.369 e. The Balaban J connectivity index is 1.63. The highest BCUT2D eigenvalue weighted by atomic mass is 16.2. The lowest BCUT2D eigenvalue weighted by atomic mass is 9.63. The Morgan fingerprint density at radius 2 is 1.60 bits per heavy atom. The Morgan fingerprint density at radius 3 is 2.28 bits per heavy atom. The molecule has 1 heterocycles. The van der Waals surface area contributed by atoms with Crippen molar-refractivity contribution in [1.82, 2.24) is 4.90 Å². The number of hydrogen-bond donors (Lipinski definition) is 1. The van der Waals surface area contributed by atoms with Gasteiger partial charge in [-0.15, -0.1) is 0 Å². The van der Waals surface area contributed by atoms with E-state index in [0.29, 0.717) is 5.92 Å². The summed E-state index contributed by atoms with van der Waals surface area (Å²) in [7, 11) is 0. The standard InChI is InChI=1S/C21H26N2O2/c22-17(24)20-11-15-10-19(13-20,16-6-2-1-3-7-16)14-21(20,12-15)18(25)23-8-4-5-9-23/h1-3,6-7,15H,4-5,8-14H2,(H2,22,24). The second-order valence-electron chi connectivity index (χ2n) is 9.01. The summed E-state index contributed by atoms with van der Waals surface area (Å²) < 4.78 is 0. The maximum Gasteiger partial charge on any atom is 0.229 e.